The molecule has 6 nitrogen and oxygen atoms in total. The first-order valence-corrected chi connectivity index (χ1v) is 6.39. The van der Waals surface area contributed by atoms with E-state index in [1.807, 2.05) is 0 Å². The fraction of sp³-hybridized carbons (Fsp3) is 0.833. The van der Waals surface area contributed by atoms with Gasteiger partial charge in [0.05, 0.1) is 0 Å². The third-order valence-electron chi connectivity index (χ3n) is 2.59. The lowest BCUT2D eigenvalue weighted by atomic mass is 10.1. The van der Waals surface area contributed by atoms with Crippen LogP contribution in [0.4, 0.5) is 0 Å². The Kier molecular flexibility index (Phi) is 10.3. The molecule has 6 heteroatoms. The van der Waals surface area contributed by atoms with Gasteiger partial charge in [-0.05, 0) is 25.7 Å². The molecule has 0 saturated carbocycles. The molecule has 0 bridgehead atoms. The lowest BCUT2D eigenvalue weighted by molar-refractivity contribution is -0.131. The number of nitrogens with zero attached hydrogens (tertiary/aromatic N) is 1. The fourth-order valence-corrected chi connectivity index (χ4v) is 1.62. The average molecular weight is 260 g/mol. The van der Waals surface area contributed by atoms with Gasteiger partial charge in [-0.2, -0.15) is 0 Å². The van der Waals surface area contributed by atoms with Gasteiger partial charge in [0.2, 0.25) is 11.8 Å². The first-order valence-electron chi connectivity index (χ1n) is 6.39. The minimum Gasteiger partial charge on any atom is -0.396 e. The molecule has 2 amide bonds. The maximum absolute atomic E-state index is 11.8. The second kappa shape index (κ2) is 11.0. The van der Waals surface area contributed by atoms with Crippen molar-refractivity contribution in [1.29, 1.82) is 0 Å². The van der Waals surface area contributed by atoms with Crippen molar-refractivity contribution in [2.75, 3.05) is 26.3 Å². The monoisotopic (exact) mass is 260 g/mol. The Morgan fingerprint density at radius 2 is 1.39 bits per heavy atom. The Hall–Kier alpha value is -1.14. The second-order valence-corrected chi connectivity index (χ2v) is 4.21. The van der Waals surface area contributed by atoms with E-state index in [0.29, 0.717) is 51.6 Å². The molecule has 4 N–H and O–H groups in total. The number of nitrogens with two attached hydrogens (primary N) is 1. The zero-order valence-electron chi connectivity index (χ0n) is 10.8. The van der Waals surface area contributed by atoms with Crippen LogP contribution in [0.25, 0.3) is 0 Å². The zero-order valence-corrected chi connectivity index (χ0v) is 10.8. The Morgan fingerprint density at radius 1 is 0.889 bits per heavy atom. The van der Waals surface area contributed by atoms with Gasteiger partial charge >= 0.3 is 0 Å². The minimum atomic E-state index is -0.347. The first-order chi connectivity index (χ1) is 8.61. The van der Waals surface area contributed by atoms with Gasteiger partial charge in [0.25, 0.3) is 0 Å². The van der Waals surface area contributed by atoms with Crippen LogP contribution in [0, 0.1) is 0 Å². The van der Waals surface area contributed by atoms with Crippen molar-refractivity contribution >= 4 is 11.8 Å². The van der Waals surface area contributed by atoms with E-state index < -0.39 is 0 Å². The molecule has 0 aromatic rings. The lowest BCUT2D eigenvalue weighted by Crippen LogP contribution is -2.33. The highest BCUT2D eigenvalue weighted by molar-refractivity contribution is 5.76. The van der Waals surface area contributed by atoms with Crippen LogP contribution in [-0.4, -0.2) is 53.2 Å². The molecule has 0 spiro atoms. The summed E-state index contributed by atoms with van der Waals surface area (Å²) < 4.78 is 0. The molecule has 0 fully saturated rings. The van der Waals surface area contributed by atoms with Crippen LogP contribution in [-0.2, 0) is 9.59 Å². The van der Waals surface area contributed by atoms with Gasteiger partial charge < -0.3 is 20.8 Å². The van der Waals surface area contributed by atoms with Crippen LogP contribution in [0.3, 0.4) is 0 Å². The van der Waals surface area contributed by atoms with Crippen LogP contribution >= 0.6 is 0 Å². The highest BCUT2D eigenvalue weighted by Crippen LogP contribution is 2.05. The van der Waals surface area contributed by atoms with Crippen molar-refractivity contribution in [3.8, 4) is 0 Å². The Balaban J connectivity index is 3.91. The maximum atomic E-state index is 11.8. The van der Waals surface area contributed by atoms with E-state index in [0.717, 1.165) is 0 Å². The molecule has 0 aliphatic heterocycles. The van der Waals surface area contributed by atoms with Crippen molar-refractivity contribution in [1.82, 2.24) is 4.90 Å². The van der Waals surface area contributed by atoms with Crippen LogP contribution in [0.5, 0.6) is 0 Å². The molecule has 0 heterocycles. The van der Waals surface area contributed by atoms with Gasteiger partial charge in [-0.3, -0.25) is 9.59 Å². The molecule has 0 aromatic carbocycles. The Bertz CT molecular complexity index is 238. The third kappa shape index (κ3) is 8.95. The summed E-state index contributed by atoms with van der Waals surface area (Å²) in [6, 6.07) is 0. The zero-order chi connectivity index (χ0) is 13.8. The molecule has 0 aliphatic carbocycles. The number of carbonyl (C=O) groups is 2. The molecule has 106 valence electrons. The summed E-state index contributed by atoms with van der Waals surface area (Å²) >= 11 is 0. The summed E-state index contributed by atoms with van der Waals surface area (Å²) in [5, 5.41) is 17.5. The van der Waals surface area contributed by atoms with Crippen molar-refractivity contribution in [2.24, 2.45) is 5.73 Å². The molecular weight excluding hydrogens is 236 g/mol. The van der Waals surface area contributed by atoms with Crippen LogP contribution in [0.15, 0.2) is 0 Å². The van der Waals surface area contributed by atoms with Crippen LogP contribution < -0.4 is 5.73 Å². The number of unbranched alkanes of at least 4 members (excludes halogenated alkanes) is 1. The molecule has 0 saturated heterocycles. The second-order valence-electron chi connectivity index (χ2n) is 4.21. The summed E-state index contributed by atoms with van der Waals surface area (Å²) in [6.45, 7) is 1.10. The number of rotatable bonds is 11. The van der Waals surface area contributed by atoms with E-state index in [1.165, 1.54) is 0 Å². The number of aliphatic hydroxyl groups is 2. The van der Waals surface area contributed by atoms with E-state index in [4.69, 9.17) is 15.9 Å². The van der Waals surface area contributed by atoms with Gasteiger partial charge in [0.15, 0.2) is 0 Å². The molecule has 0 unspecified atom stereocenters. The Labute approximate surface area is 108 Å². The first kappa shape index (κ1) is 16.9. The molecule has 0 radical (unpaired) electrons. The smallest absolute Gasteiger partial charge is 0.222 e. The SMILES string of the molecule is NC(=O)CCCCC(=O)N(CCCO)CCCO. The summed E-state index contributed by atoms with van der Waals surface area (Å²) in [4.78, 5) is 24.0. The number of amides is 2. The number of carbonyl (C=O) groups excluding carboxylic acids is 2. The number of aliphatic hydroxyl groups excluding tert-OH is 2. The number of hydrogen-bond donors (Lipinski definition) is 3. The van der Waals surface area contributed by atoms with Crippen molar-refractivity contribution < 1.29 is 19.8 Å². The largest absolute Gasteiger partial charge is 0.396 e. The highest BCUT2D eigenvalue weighted by atomic mass is 16.3. The number of hydrogen-bond acceptors (Lipinski definition) is 4. The van der Waals surface area contributed by atoms with Gasteiger partial charge in [0.1, 0.15) is 0 Å². The standard InChI is InChI=1S/C12H24N2O4/c13-11(17)5-1-2-6-12(18)14(7-3-9-15)8-4-10-16/h15-16H,1-10H2,(H2,13,17). The van der Waals surface area contributed by atoms with E-state index in [1.54, 1.807) is 4.90 Å². The highest BCUT2D eigenvalue weighted by Gasteiger charge is 2.12. The summed E-state index contributed by atoms with van der Waals surface area (Å²) in [6.07, 6.45) is 3.02. The Morgan fingerprint density at radius 3 is 1.83 bits per heavy atom. The van der Waals surface area contributed by atoms with Gasteiger partial charge in [-0.15, -0.1) is 0 Å². The predicted molar refractivity (Wildman–Crippen MR) is 67.6 cm³/mol. The minimum absolute atomic E-state index is 0.00127. The van der Waals surface area contributed by atoms with Crippen molar-refractivity contribution in [3.05, 3.63) is 0 Å². The summed E-state index contributed by atoms with van der Waals surface area (Å²) in [5.74, 6) is -0.346. The van der Waals surface area contributed by atoms with E-state index >= 15 is 0 Å². The van der Waals surface area contributed by atoms with Gasteiger partial charge in [-0.1, -0.05) is 0 Å². The molecule has 0 rings (SSSR count). The summed E-state index contributed by atoms with van der Waals surface area (Å²) in [5.41, 5.74) is 5.01. The van der Waals surface area contributed by atoms with Gasteiger partial charge in [-0.25, -0.2) is 0 Å². The quantitative estimate of drug-likeness (QED) is 0.441. The topological polar surface area (TPSA) is 104 Å². The maximum Gasteiger partial charge on any atom is 0.222 e. The van der Waals surface area contributed by atoms with E-state index in [2.05, 4.69) is 0 Å². The molecular formula is C12H24N2O4. The molecule has 0 atom stereocenters. The predicted octanol–water partition coefficient (Wildman–Crippen LogP) is -0.374. The average Bonchev–Trinajstić information content (AvgIpc) is 2.34. The van der Waals surface area contributed by atoms with Gasteiger partial charge in [0, 0.05) is 39.1 Å². The molecule has 18 heavy (non-hydrogen) atoms. The molecule has 0 aromatic heterocycles. The normalized spacial score (nSPS) is 10.3. The number of primary amides is 1. The lowest BCUT2D eigenvalue weighted by Gasteiger charge is -2.22. The molecule has 0 aliphatic rings. The van der Waals surface area contributed by atoms with Crippen molar-refractivity contribution in [2.45, 2.75) is 38.5 Å². The van der Waals surface area contributed by atoms with E-state index in [-0.39, 0.29) is 25.0 Å². The van der Waals surface area contributed by atoms with Crippen LogP contribution in [0.1, 0.15) is 38.5 Å². The van der Waals surface area contributed by atoms with E-state index in [9.17, 15) is 9.59 Å². The third-order valence-corrected chi connectivity index (χ3v) is 2.59. The van der Waals surface area contributed by atoms with Crippen molar-refractivity contribution in [3.63, 3.8) is 0 Å². The fourth-order valence-electron chi connectivity index (χ4n) is 1.62. The van der Waals surface area contributed by atoms with Crippen LogP contribution in [0.2, 0.25) is 0 Å². The summed E-state index contributed by atoms with van der Waals surface area (Å²) in [7, 11) is 0.